The average molecular weight is 277 g/mol. The highest BCUT2D eigenvalue weighted by molar-refractivity contribution is 5.71. The van der Waals surface area contributed by atoms with Crippen LogP contribution in [0.15, 0.2) is 0 Å². The molecule has 0 unspecified atom stereocenters. The van der Waals surface area contributed by atoms with Crippen molar-refractivity contribution in [3.63, 3.8) is 0 Å². The number of hydrogen-bond acceptors (Lipinski definition) is 4. The fraction of sp³-hybridized carbons (Fsp3) is 0.667. The van der Waals surface area contributed by atoms with Crippen molar-refractivity contribution in [3.05, 3.63) is 17.0 Å². The molecule has 0 spiro atoms. The van der Waals surface area contributed by atoms with E-state index in [9.17, 15) is 4.79 Å². The van der Waals surface area contributed by atoms with Gasteiger partial charge in [0.05, 0.1) is 6.42 Å². The van der Waals surface area contributed by atoms with E-state index in [2.05, 4.69) is 14.9 Å². The van der Waals surface area contributed by atoms with Gasteiger partial charge in [-0.3, -0.25) is 4.79 Å². The molecule has 0 aromatic carbocycles. The van der Waals surface area contributed by atoms with Crippen LogP contribution in [0.4, 0.5) is 5.95 Å². The van der Waals surface area contributed by atoms with E-state index in [1.807, 2.05) is 13.8 Å². The standard InChI is InChI=1S/C15H23N3O2/c1-3-12-11(10-14(19)20)13(4-2)17-15(16-12)18-8-6-5-7-9-18/h3-10H2,1-2H3,(H,19,20). The Bertz CT molecular complexity index is 457. The third-order valence-electron chi connectivity index (χ3n) is 3.80. The van der Waals surface area contributed by atoms with Crippen LogP contribution in [0.2, 0.25) is 0 Å². The van der Waals surface area contributed by atoms with Crippen LogP contribution in [-0.2, 0) is 24.1 Å². The fourth-order valence-electron chi connectivity index (χ4n) is 2.74. The molecule has 110 valence electrons. The number of aliphatic carboxylic acids is 1. The Kier molecular flexibility index (Phi) is 4.93. The second-order valence-electron chi connectivity index (χ2n) is 5.22. The lowest BCUT2D eigenvalue weighted by atomic mass is 10.0. The minimum Gasteiger partial charge on any atom is -0.481 e. The zero-order chi connectivity index (χ0) is 14.5. The molecule has 0 amide bonds. The summed E-state index contributed by atoms with van der Waals surface area (Å²) in [6.07, 6.45) is 5.16. The maximum atomic E-state index is 11.0. The Morgan fingerprint density at radius 3 is 2.10 bits per heavy atom. The van der Waals surface area contributed by atoms with Gasteiger partial charge in [0.2, 0.25) is 5.95 Å². The summed E-state index contributed by atoms with van der Waals surface area (Å²) in [4.78, 5) is 22.5. The van der Waals surface area contributed by atoms with Crippen LogP contribution in [0.5, 0.6) is 0 Å². The molecule has 0 radical (unpaired) electrons. The lowest BCUT2D eigenvalue weighted by molar-refractivity contribution is -0.136. The third kappa shape index (κ3) is 3.26. The van der Waals surface area contributed by atoms with Crippen LogP contribution >= 0.6 is 0 Å². The van der Waals surface area contributed by atoms with E-state index in [4.69, 9.17) is 5.11 Å². The molecule has 2 heterocycles. The van der Waals surface area contributed by atoms with E-state index in [0.29, 0.717) is 0 Å². The van der Waals surface area contributed by atoms with Crippen LogP contribution < -0.4 is 4.90 Å². The van der Waals surface area contributed by atoms with Crippen LogP contribution in [0.1, 0.15) is 50.1 Å². The van der Waals surface area contributed by atoms with Crippen LogP contribution in [-0.4, -0.2) is 34.1 Å². The maximum absolute atomic E-state index is 11.0. The van der Waals surface area contributed by atoms with Crippen LogP contribution in [0.3, 0.4) is 0 Å². The van der Waals surface area contributed by atoms with E-state index in [0.717, 1.165) is 48.8 Å². The van der Waals surface area contributed by atoms with Crippen molar-refractivity contribution in [3.8, 4) is 0 Å². The number of aryl methyl sites for hydroxylation is 2. The van der Waals surface area contributed by atoms with Gasteiger partial charge in [0.25, 0.3) is 0 Å². The van der Waals surface area contributed by atoms with Crippen molar-refractivity contribution in [1.82, 2.24) is 9.97 Å². The predicted molar refractivity (Wildman–Crippen MR) is 78.2 cm³/mol. The Labute approximate surface area is 120 Å². The molecule has 2 rings (SSSR count). The molecule has 5 nitrogen and oxygen atoms in total. The van der Waals surface area contributed by atoms with Gasteiger partial charge in [0.15, 0.2) is 0 Å². The van der Waals surface area contributed by atoms with E-state index in [-0.39, 0.29) is 6.42 Å². The normalized spacial score (nSPS) is 15.4. The molecule has 0 saturated carbocycles. The monoisotopic (exact) mass is 277 g/mol. The molecule has 1 saturated heterocycles. The van der Waals surface area contributed by atoms with Crippen molar-refractivity contribution < 1.29 is 9.90 Å². The van der Waals surface area contributed by atoms with Gasteiger partial charge < -0.3 is 10.0 Å². The molecule has 0 aliphatic carbocycles. The number of hydrogen-bond donors (Lipinski definition) is 1. The Morgan fingerprint density at radius 2 is 1.65 bits per heavy atom. The molecule has 0 bridgehead atoms. The highest BCUT2D eigenvalue weighted by Gasteiger charge is 2.19. The predicted octanol–water partition coefficient (Wildman–Crippen LogP) is 2.22. The smallest absolute Gasteiger partial charge is 0.307 e. The van der Waals surface area contributed by atoms with E-state index in [1.165, 1.54) is 19.3 Å². The van der Waals surface area contributed by atoms with Crippen LogP contribution in [0, 0.1) is 0 Å². The summed E-state index contributed by atoms with van der Waals surface area (Å²) >= 11 is 0. The number of piperidine rings is 1. The van der Waals surface area contributed by atoms with Crippen molar-refractivity contribution in [1.29, 1.82) is 0 Å². The van der Waals surface area contributed by atoms with Crippen LogP contribution in [0.25, 0.3) is 0 Å². The van der Waals surface area contributed by atoms with Gasteiger partial charge in [-0.05, 0) is 32.1 Å². The first-order chi connectivity index (χ1) is 9.65. The van der Waals surface area contributed by atoms with Crippen molar-refractivity contribution >= 4 is 11.9 Å². The summed E-state index contributed by atoms with van der Waals surface area (Å²) in [5.41, 5.74) is 2.59. The van der Waals surface area contributed by atoms with Gasteiger partial charge in [-0.1, -0.05) is 13.8 Å². The molecule has 20 heavy (non-hydrogen) atoms. The molecule has 1 aliphatic heterocycles. The Morgan fingerprint density at radius 1 is 1.10 bits per heavy atom. The molecule has 1 aromatic heterocycles. The summed E-state index contributed by atoms with van der Waals surface area (Å²) in [6.45, 7) is 6.05. The lowest BCUT2D eigenvalue weighted by Gasteiger charge is -2.28. The number of rotatable bonds is 5. The summed E-state index contributed by atoms with van der Waals surface area (Å²) < 4.78 is 0. The first kappa shape index (κ1) is 14.8. The topological polar surface area (TPSA) is 66.3 Å². The van der Waals surface area contributed by atoms with Gasteiger partial charge in [-0.15, -0.1) is 0 Å². The molecule has 1 aliphatic rings. The number of aromatic nitrogens is 2. The number of carbonyl (C=O) groups is 1. The zero-order valence-electron chi connectivity index (χ0n) is 12.4. The largest absolute Gasteiger partial charge is 0.481 e. The van der Waals surface area contributed by atoms with Gasteiger partial charge in [0.1, 0.15) is 0 Å². The number of anilines is 1. The Balaban J connectivity index is 2.37. The molecular formula is C15H23N3O2. The molecule has 0 atom stereocenters. The highest BCUT2D eigenvalue weighted by Crippen LogP contribution is 2.21. The van der Waals surface area contributed by atoms with Crippen molar-refractivity contribution in [2.75, 3.05) is 18.0 Å². The second-order valence-corrected chi connectivity index (χ2v) is 5.22. The third-order valence-corrected chi connectivity index (χ3v) is 3.80. The Hall–Kier alpha value is -1.65. The first-order valence-corrected chi connectivity index (χ1v) is 7.51. The SMILES string of the molecule is CCc1nc(N2CCCCC2)nc(CC)c1CC(=O)O. The lowest BCUT2D eigenvalue weighted by Crippen LogP contribution is -2.32. The number of carboxylic acids is 1. The van der Waals surface area contributed by atoms with E-state index in [1.54, 1.807) is 0 Å². The highest BCUT2D eigenvalue weighted by atomic mass is 16.4. The van der Waals surface area contributed by atoms with Crippen molar-refractivity contribution in [2.24, 2.45) is 0 Å². The molecule has 1 aromatic rings. The van der Waals surface area contributed by atoms with Gasteiger partial charge in [0, 0.05) is 30.0 Å². The van der Waals surface area contributed by atoms with Gasteiger partial charge in [-0.25, -0.2) is 9.97 Å². The summed E-state index contributed by atoms with van der Waals surface area (Å²) in [5.74, 6) is -0.0312. The summed E-state index contributed by atoms with van der Waals surface area (Å²) in [5, 5.41) is 9.06. The minimum atomic E-state index is -0.816. The molecular weight excluding hydrogens is 254 g/mol. The summed E-state index contributed by atoms with van der Waals surface area (Å²) in [7, 11) is 0. The molecule has 1 N–H and O–H groups in total. The first-order valence-electron chi connectivity index (χ1n) is 7.51. The average Bonchev–Trinajstić information content (AvgIpc) is 2.47. The van der Waals surface area contributed by atoms with E-state index < -0.39 is 5.97 Å². The van der Waals surface area contributed by atoms with Gasteiger partial charge >= 0.3 is 5.97 Å². The minimum absolute atomic E-state index is 0.0205. The van der Waals surface area contributed by atoms with Gasteiger partial charge in [-0.2, -0.15) is 0 Å². The fourth-order valence-corrected chi connectivity index (χ4v) is 2.74. The van der Waals surface area contributed by atoms with Crippen molar-refractivity contribution in [2.45, 2.75) is 52.4 Å². The molecule has 1 fully saturated rings. The second kappa shape index (κ2) is 6.68. The summed E-state index contributed by atoms with van der Waals surface area (Å²) in [6, 6.07) is 0. The molecule has 5 heteroatoms. The quantitative estimate of drug-likeness (QED) is 0.894. The maximum Gasteiger partial charge on any atom is 0.307 e. The zero-order valence-corrected chi connectivity index (χ0v) is 12.4. The number of carboxylic acid groups (broad SMARTS) is 1. The number of nitrogens with zero attached hydrogens (tertiary/aromatic N) is 3. The van der Waals surface area contributed by atoms with E-state index >= 15 is 0 Å².